The van der Waals surface area contributed by atoms with Gasteiger partial charge in [-0.15, -0.1) is 0 Å². The zero-order valence-corrected chi connectivity index (χ0v) is 12.4. The second kappa shape index (κ2) is 7.27. The van der Waals surface area contributed by atoms with Crippen molar-refractivity contribution in [2.45, 2.75) is 25.8 Å². The molecule has 1 aliphatic rings. The normalized spacial score (nSPS) is 18.6. The summed E-state index contributed by atoms with van der Waals surface area (Å²) in [6.45, 7) is 3.89. The molecule has 1 unspecified atom stereocenters. The van der Waals surface area contributed by atoms with Crippen LogP contribution in [0.3, 0.4) is 0 Å². The van der Waals surface area contributed by atoms with E-state index in [4.69, 9.17) is 4.74 Å². The maximum Gasteiger partial charge on any atom is 0.157 e. The highest BCUT2D eigenvalue weighted by Crippen LogP contribution is 2.14. The van der Waals surface area contributed by atoms with E-state index in [-0.39, 0.29) is 0 Å². The Balaban J connectivity index is 1.45. The minimum Gasteiger partial charge on any atom is -0.490 e. The van der Waals surface area contributed by atoms with Gasteiger partial charge in [0.15, 0.2) is 5.75 Å². The number of hydrogen-bond donors (Lipinski definition) is 1. The number of hydrogen-bond acceptors (Lipinski definition) is 3. The molecule has 1 saturated heterocycles. The monoisotopic (exact) mass is 285 g/mol. The van der Waals surface area contributed by atoms with Gasteiger partial charge in [0.05, 0.1) is 19.0 Å². The third-order valence-corrected chi connectivity index (χ3v) is 3.97. The molecule has 0 bridgehead atoms. The molecule has 2 aromatic rings. The number of aryl methyl sites for hydroxylation is 2. The summed E-state index contributed by atoms with van der Waals surface area (Å²) in [6.07, 6.45) is 7.33. The predicted molar refractivity (Wildman–Crippen MR) is 83.5 cm³/mol. The first-order chi connectivity index (χ1) is 10.4. The fraction of sp³-hybridized carbons (Fsp3) is 0.471. The molecule has 1 aromatic heterocycles. The van der Waals surface area contributed by atoms with E-state index in [1.54, 1.807) is 0 Å². The smallest absolute Gasteiger partial charge is 0.157 e. The highest BCUT2D eigenvalue weighted by atomic mass is 16.5. The van der Waals surface area contributed by atoms with E-state index in [0.717, 1.165) is 38.4 Å². The van der Waals surface area contributed by atoms with Gasteiger partial charge in [-0.3, -0.25) is 4.68 Å². The zero-order valence-electron chi connectivity index (χ0n) is 12.4. The Bertz CT molecular complexity index is 532. The first-order valence-electron chi connectivity index (χ1n) is 7.80. The highest BCUT2D eigenvalue weighted by molar-refractivity contribution is 5.15. The molecule has 0 saturated carbocycles. The Kier molecular flexibility index (Phi) is 4.90. The van der Waals surface area contributed by atoms with Crippen LogP contribution in [0.1, 0.15) is 18.4 Å². The second-order valence-electron chi connectivity index (χ2n) is 5.70. The Labute approximate surface area is 126 Å². The largest absolute Gasteiger partial charge is 0.490 e. The summed E-state index contributed by atoms with van der Waals surface area (Å²) in [7, 11) is 0. The van der Waals surface area contributed by atoms with E-state index < -0.39 is 0 Å². The van der Waals surface area contributed by atoms with Crippen LogP contribution in [0.25, 0.3) is 0 Å². The molecular formula is C17H23N3O. The van der Waals surface area contributed by atoms with Crippen molar-refractivity contribution in [3.8, 4) is 5.75 Å². The van der Waals surface area contributed by atoms with Crippen LogP contribution in [0, 0.1) is 5.92 Å². The fourth-order valence-corrected chi connectivity index (χ4v) is 2.71. The molecule has 2 heterocycles. The zero-order chi connectivity index (χ0) is 14.3. The average molecular weight is 285 g/mol. The van der Waals surface area contributed by atoms with Crippen LogP contribution in [0.2, 0.25) is 0 Å². The standard InChI is InChI=1S/C17H23N3O/c1-2-5-15(6-3-1)8-10-20-13-17(12-19-20)21-14-16-7-4-9-18-11-16/h1-3,5-6,12-13,16,18H,4,7-11,14H2. The van der Waals surface area contributed by atoms with Gasteiger partial charge >= 0.3 is 0 Å². The van der Waals surface area contributed by atoms with Crippen LogP contribution in [0.5, 0.6) is 5.75 Å². The van der Waals surface area contributed by atoms with Gasteiger partial charge in [-0.25, -0.2) is 0 Å². The van der Waals surface area contributed by atoms with Gasteiger partial charge in [0.1, 0.15) is 0 Å². The second-order valence-corrected chi connectivity index (χ2v) is 5.70. The van der Waals surface area contributed by atoms with Gasteiger partial charge in [-0.1, -0.05) is 30.3 Å². The van der Waals surface area contributed by atoms with Crippen LogP contribution < -0.4 is 10.1 Å². The van der Waals surface area contributed by atoms with Crippen molar-refractivity contribution in [2.75, 3.05) is 19.7 Å². The number of benzene rings is 1. The maximum absolute atomic E-state index is 5.85. The summed E-state index contributed by atoms with van der Waals surface area (Å²) in [6, 6.07) is 10.5. The van der Waals surface area contributed by atoms with Crippen molar-refractivity contribution in [1.29, 1.82) is 0 Å². The lowest BCUT2D eigenvalue weighted by Crippen LogP contribution is -2.32. The van der Waals surface area contributed by atoms with Crippen LogP contribution in [-0.2, 0) is 13.0 Å². The number of ether oxygens (including phenoxy) is 1. The molecule has 0 amide bonds. The van der Waals surface area contributed by atoms with E-state index in [2.05, 4.69) is 34.7 Å². The molecule has 0 radical (unpaired) electrons. The molecule has 112 valence electrons. The van der Waals surface area contributed by atoms with Crippen molar-refractivity contribution in [2.24, 2.45) is 5.92 Å². The van der Waals surface area contributed by atoms with E-state index in [0.29, 0.717) is 5.92 Å². The van der Waals surface area contributed by atoms with E-state index in [1.165, 1.54) is 18.4 Å². The van der Waals surface area contributed by atoms with Gasteiger partial charge in [0, 0.05) is 19.0 Å². The molecule has 4 nitrogen and oxygen atoms in total. The van der Waals surface area contributed by atoms with E-state index in [1.807, 2.05) is 23.1 Å². The number of aromatic nitrogens is 2. The van der Waals surface area contributed by atoms with Crippen molar-refractivity contribution in [1.82, 2.24) is 15.1 Å². The van der Waals surface area contributed by atoms with Gasteiger partial charge in [0.25, 0.3) is 0 Å². The number of nitrogens with one attached hydrogen (secondary N) is 1. The third kappa shape index (κ3) is 4.33. The van der Waals surface area contributed by atoms with Gasteiger partial charge in [-0.05, 0) is 31.4 Å². The Morgan fingerprint density at radius 2 is 2.19 bits per heavy atom. The van der Waals surface area contributed by atoms with Crippen molar-refractivity contribution in [3.05, 3.63) is 48.3 Å². The molecule has 1 atom stereocenters. The Hall–Kier alpha value is -1.81. The lowest BCUT2D eigenvalue weighted by Gasteiger charge is -2.22. The summed E-state index contributed by atoms with van der Waals surface area (Å²) in [5.74, 6) is 1.51. The molecule has 0 spiro atoms. The third-order valence-electron chi connectivity index (χ3n) is 3.97. The average Bonchev–Trinajstić information content (AvgIpc) is 3.01. The van der Waals surface area contributed by atoms with Crippen LogP contribution in [-0.4, -0.2) is 29.5 Å². The quantitative estimate of drug-likeness (QED) is 0.886. The van der Waals surface area contributed by atoms with Gasteiger partial charge in [0.2, 0.25) is 0 Å². The number of rotatable bonds is 6. The van der Waals surface area contributed by atoms with E-state index >= 15 is 0 Å². The minimum absolute atomic E-state index is 0.631. The molecule has 1 aromatic carbocycles. The molecule has 3 rings (SSSR count). The SMILES string of the molecule is c1ccc(CCn2cc(OCC3CCCNC3)cn2)cc1. The summed E-state index contributed by atoms with van der Waals surface area (Å²) < 4.78 is 7.81. The first kappa shape index (κ1) is 14.1. The topological polar surface area (TPSA) is 39.1 Å². The summed E-state index contributed by atoms with van der Waals surface area (Å²) in [5, 5.41) is 7.78. The van der Waals surface area contributed by atoms with Crippen LogP contribution in [0.4, 0.5) is 0 Å². The first-order valence-corrected chi connectivity index (χ1v) is 7.80. The number of nitrogens with zero attached hydrogens (tertiary/aromatic N) is 2. The lowest BCUT2D eigenvalue weighted by atomic mass is 10.0. The molecule has 21 heavy (non-hydrogen) atoms. The summed E-state index contributed by atoms with van der Waals surface area (Å²) in [4.78, 5) is 0. The number of piperidine rings is 1. The van der Waals surface area contributed by atoms with Crippen molar-refractivity contribution in [3.63, 3.8) is 0 Å². The molecular weight excluding hydrogens is 262 g/mol. The van der Waals surface area contributed by atoms with Crippen LogP contribution in [0.15, 0.2) is 42.7 Å². The lowest BCUT2D eigenvalue weighted by molar-refractivity contribution is 0.218. The summed E-state index contributed by atoms with van der Waals surface area (Å²) >= 11 is 0. The highest BCUT2D eigenvalue weighted by Gasteiger charge is 2.13. The maximum atomic E-state index is 5.85. The Morgan fingerprint density at radius 1 is 1.29 bits per heavy atom. The molecule has 4 heteroatoms. The van der Waals surface area contributed by atoms with Crippen molar-refractivity contribution < 1.29 is 4.74 Å². The van der Waals surface area contributed by atoms with Crippen molar-refractivity contribution >= 4 is 0 Å². The molecule has 0 aliphatic carbocycles. The predicted octanol–water partition coefficient (Wildman–Crippen LogP) is 2.50. The molecule has 1 aliphatic heterocycles. The minimum atomic E-state index is 0.631. The van der Waals surface area contributed by atoms with E-state index in [9.17, 15) is 0 Å². The van der Waals surface area contributed by atoms with Crippen LogP contribution >= 0.6 is 0 Å². The summed E-state index contributed by atoms with van der Waals surface area (Å²) in [5.41, 5.74) is 1.34. The molecule has 1 N–H and O–H groups in total. The van der Waals surface area contributed by atoms with Gasteiger partial charge < -0.3 is 10.1 Å². The molecule has 1 fully saturated rings. The fourth-order valence-electron chi connectivity index (χ4n) is 2.71. The Morgan fingerprint density at radius 3 is 3.00 bits per heavy atom. The van der Waals surface area contributed by atoms with Gasteiger partial charge in [-0.2, -0.15) is 5.10 Å².